The molecule has 132 valence electrons. The molecule has 2 heterocycles. The first-order valence-electron chi connectivity index (χ1n) is 8.03. The van der Waals surface area contributed by atoms with Gasteiger partial charge in [-0.2, -0.15) is 0 Å². The molecule has 0 amide bonds. The molecule has 0 atom stereocenters. The topological polar surface area (TPSA) is 52.0 Å². The van der Waals surface area contributed by atoms with E-state index in [2.05, 4.69) is 21.9 Å². The minimum atomic E-state index is 0.621. The Balaban J connectivity index is 2.14. The molecule has 1 aromatic carbocycles. The lowest BCUT2D eigenvalue weighted by atomic mass is 10.2. The normalized spacial score (nSPS) is 11.3. The van der Waals surface area contributed by atoms with Crippen molar-refractivity contribution in [2.24, 2.45) is 0 Å². The smallest absolute Gasteiger partial charge is 0.144 e. The zero-order valence-corrected chi connectivity index (χ0v) is 15.4. The van der Waals surface area contributed by atoms with Gasteiger partial charge < -0.3 is 10.1 Å². The Kier molecular flexibility index (Phi) is 5.39. The number of nitrogens with zero attached hydrogens (tertiary/aromatic N) is 3. The molecular weight excluding hydrogens is 348 g/mol. The van der Waals surface area contributed by atoms with Crippen molar-refractivity contribution in [2.75, 3.05) is 12.4 Å². The third kappa shape index (κ3) is 3.78. The first-order chi connectivity index (χ1) is 12.6. The van der Waals surface area contributed by atoms with E-state index >= 15 is 0 Å². The summed E-state index contributed by atoms with van der Waals surface area (Å²) in [4.78, 5) is 9.10. The van der Waals surface area contributed by atoms with E-state index in [1.165, 1.54) is 0 Å². The van der Waals surface area contributed by atoms with Crippen LogP contribution in [0.2, 0.25) is 0 Å². The van der Waals surface area contributed by atoms with E-state index in [4.69, 9.17) is 16.3 Å². The van der Waals surface area contributed by atoms with Crippen LogP contribution in [0.4, 0.5) is 11.5 Å². The second kappa shape index (κ2) is 7.89. The molecule has 5 nitrogen and oxygen atoms in total. The van der Waals surface area contributed by atoms with Crippen LogP contribution in [-0.4, -0.2) is 21.6 Å². The number of methoxy groups -OCH3 is 1. The molecule has 0 aliphatic carbocycles. The molecule has 0 spiro atoms. The molecule has 0 fully saturated rings. The molecule has 0 aliphatic heterocycles. The second-order valence-electron chi connectivity index (χ2n) is 5.53. The standard InChI is InChI=1S/C20H19ClN4O/c1-4-18-24-19(17-7-5-6-12-22-17)20(25(18)13-14(2)21)23-15-8-10-16(26-3)11-9-15/h4-13,23H,1H2,2-3H3/b14-13+. The lowest BCUT2D eigenvalue weighted by Crippen LogP contribution is -2.00. The molecule has 0 bridgehead atoms. The van der Waals surface area contributed by atoms with Crippen LogP contribution in [0.5, 0.6) is 5.75 Å². The van der Waals surface area contributed by atoms with Crippen LogP contribution in [0.3, 0.4) is 0 Å². The first kappa shape index (κ1) is 17.8. The number of ether oxygens (including phenoxy) is 1. The van der Waals surface area contributed by atoms with Crippen LogP contribution >= 0.6 is 11.6 Å². The Labute approximate surface area is 157 Å². The first-order valence-corrected chi connectivity index (χ1v) is 8.41. The van der Waals surface area contributed by atoms with Crippen molar-refractivity contribution in [1.29, 1.82) is 0 Å². The second-order valence-corrected chi connectivity index (χ2v) is 6.12. The largest absolute Gasteiger partial charge is 0.497 e. The number of benzene rings is 1. The fourth-order valence-corrected chi connectivity index (χ4v) is 2.61. The SMILES string of the molecule is C=Cc1nc(-c2ccccn2)c(Nc2ccc(OC)cc2)n1/C=C(\C)Cl. The van der Waals surface area contributed by atoms with Gasteiger partial charge in [-0.15, -0.1) is 0 Å². The van der Waals surface area contributed by atoms with Crippen LogP contribution in [0, 0.1) is 0 Å². The highest BCUT2D eigenvalue weighted by Crippen LogP contribution is 2.32. The molecule has 0 unspecified atom stereocenters. The van der Waals surface area contributed by atoms with E-state index in [-0.39, 0.29) is 0 Å². The Morgan fingerprint density at radius 1 is 1.23 bits per heavy atom. The van der Waals surface area contributed by atoms with Gasteiger partial charge in [0, 0.05) is 23.1 Å². The number of allylic oxidation sites excluding steroid dienone is 1. The number of nitrogens with one attached hydrogen (secondary N) is 1. The highest BCUT2D eigenvalue weighted by Gasteiger charge is 2.17. The van der Waals surface area contributed by atoms with Crippen molar-refractivity contribution in [3.8, 4) is 17.1 Å². The Bertz CT molecular complexity index is 926. The molecular formula is C20H19ClN4O. The van der Waals surface area contributed by atoms with Gasteiger partial charge >= 0.3 is 0 Å². The zero-order valence-electron chi connectivity index (χ0n) is 14.6. The Hall–Kier alpha value is -3.05. The average molecular weight is 367 g/mol. The van der Waals surface area contributed by atoms with Crippen LogP contribution < -0.4 is 10.1 Å². The predicted octanol–water partition coefficient (Wildman–Crippen LogP) is 5.40. The highest BCUT2D eigenvalue weighted by atomic mass is 35.5. The molecule has 0 saturated carbocycles. The number of anilines is 2. The summed E-state index contributed by atoms with van der Waals surface area (Å²) in [6.45, 7) is 5.67. The lowest BCUT2D eigenvalue weighted by molar-refractivity contribution is 0.415. The van der Waals surface area contributed by atoms with Crippen LogP contribution in [-0.2, 0) is 0 Å². The minimum absolute atomic E-state index is 0.621. The molecule has 3 rings (SSSR count). The molecule has 0 aliphatic rings. The lowest BCUT2D eigenvalue weighted by Gasteiger charge is -2.11. The fraction of sp³-hybridized carbons (Fsp3) is 0.100. The van der Waals surface area contributed by atoms with Crippen LogP contribution in [0.15, 0.2) is 60.3 Å². The fourth-order valence-electron chi connectivity index (χ4n) is 2.51. The highest BCUT2D eigenvalue weighted by molar-refractivity contribution is 6.30. The summed E-state index contributed by atoms with van der Waals surface area (Å²) in [5.74, 6) is 2.21. The van der Waals surface area contributed by atoms with Crippen molar-refractivity contribution in [3.05, 3.63) is 66.1 Å². The number of rotatable bonds is 6. The van der Waals surface area contributed by atoms with Crippen molar-refractivity contribution in [1.82, 2.24) is 14.5 Å². The maximum absolute atomic E-state index is 6.13. The van der Waals surface area contributed by atoms with E-state index in [9.17, 15) is 0 Å². The van der Waals surface area contributed by atoms with E-state index in [0.29, 0.717) is 16.6 Å². The summed E-state index contributed by atoms with van der Waals surface area (Å²) >= 11 is 6.13. The number of pyridine rings is 1. The van der Waals surface area contributed by atoms with Gasteiger partial charge in [-0.3, -0.25) is 9.55 Å². The third-order valence-corrected chi connectivity index (χ3v) is 3.79. The van der Waals surface area contributed by atoms with E-state index in [1.807, 2.05) is 54.0 Å². The molecule has 26 heavy (non-hydrogen) atoms. The summed E-state index contributed by atoms with van der Waals surface area (Å²) in [6.07, 6.45) is 5.22. The van der Waals surface area contributed by atoms with Crippen molar-refractivity contribution < 1.29 is 4.74 Å². The van der Waals surface area contributed by atoms with Crippen molar-refractivity contribution in [2.45, 2.75) is 6.92 Å². The van der Waals surface area contributed by atoms with Gasteiger partial charge in [-0.25, -0.2) is 4.98 Å². The molecule has 6 heteroatoms. The summed E-state index contributed by atoms with van der Waals surface area (Å²) in [5, 5.41) is 4.03. The van der Waals surface area contributed by atoms with E-state index in [0.717, 1.165) is 22.9 Å². The number of aromatic nitrogens is 3. The number of hydrogen-bond acceptors (Lipinski definition) is 4. The number of imidazole rings is 1. The summed E-state index contributed by atoms with van der Waals surface area (Å²) < 4.78 is 7.08. The van der Waals surface area contributed by atoms with Gasteiger partial charge in [0.25, 0.3) is 0 Å². The Morgan fingerprint density at radius 3 is 2.58 bits per heavy atom. The maximum Gasteiger partial charge on any atom is 0.144 e. The Morgan fingerprint density at radius 2 is 2.00 bits per heavy atom. The van der Waals surface area contributed by atoms with Crippen molar-refractivity contribution >= 4 is 35.4 Å². The van der Waals surface area contributed by atoms with Gasteiger partial charge in [0.2, 0.25) is 0 Å². The summed E-state index contributed by atoms with van der Waals surface area (Å²) in [7, 11) is 1.64. The quantitative estimate of drug-likeness (QED) is 0.634. The summed E-state index contributed by atoms with van der Waals surface area (Å²) in [5.41, 5.74) is 2.36. The molecule has 2 aromatic heterocycles. The van der Waals surface area contributed by atoms with Crippen LogP contribution in [0.1, 0.15) is 12.7 Å². The van der Waals surface area contributed by atoms with Crippen LogP contribution in [0.25, 0.3) is 23.7 Å². The number of halogens is 1. The number of hydrogen-bond donors (Lipinski definition) is 1. The maximum atomic E-state index is 6.13. The van der Waals surface area contributed by atoms with Gasteiger partial charge in [-0.1, -0.05) is 24.2 Å². The van der Waals surface area contributed by atoms with Gasteiger partial charge in [-0.05, 0) is 49.4 Å². The van der Waals surface area contributed by atoms with E-state index in [1.54, 1.807) is 25.6 Å². The molecule has 3 aromatic rings. The molecule has 0 radical (unpaired) electrons. The summed E-state index contributed by atoms with van der Waals surface area (Å²) in [6, 6.07) is 13.4. The molecule has 0 saturated heterocycles. The zero-order chi connectivity index (χ0) is 18.5. The predicted molar refractivity (Wildman–Crippen MR) is 108 cm³/mol. The van der Waals surface area contributed by atoms with E-state index < -0.39 is 0 Å². The van der Waals surface area contributed by atoms with Crippen molar-refractivity contribution in [3.63, 3.8) is 0 Å². The van der Waals surface area contributed by atoms with Gasteiger partial charge in [0.15, 0.2) is 0 Å². The average Bonchev–Trinajstić information content (AvgIpc) is 3.00. The monoisotopic (exact) mass is 366 g/mol. The van der Waals surface area contributed by atoms with Gasteiger partial charge in [0.1, 0.15) is 23.1 Å². The third-order valence-electron chi connectivity index (χ3n) is 3.69. The minimum Gasteiger partial charge on any atom is -0.497 e. The van der Waals surface area contributed by atoms with Gasteiger partial charge in [0.05, 0.1) is 12.8 Å². The molecule has 1 N–H and O–H groups in total.